The van der Waals surface area contributed by atoms with Crippen LogP contribution in [0.4, 0.5) is 0 Å². The molecule has 118 valence electrons. The Kier molecular flexibility index (Phi) is 6.17. The third-order valence-electron chi connectivity index (χ3n) is 2.98. The summed E-state index contributed by atoms with van der Waals surface area (Å²) in [5.41, 5.74) is 0. The van der Waals surface area contributed by atoms with Crippen LogP contribution in [-0.2, 0) is 14.8 Å². The quantitative estimate of drug-likeness (QED) is 0.762. The summed E-state index contributed by atoms with van der Waals surface area (Å²) in [6.07, 6.45) is 0.407. The monoisotopic (exact) mass is 315 g/mol. The average molecular weight is 315 g/mol. The summed E-state index contributed by atoms with van der Waals surface area (Å²) in [5, 5.41) is 9.13. The van der Waals surface area contributed by atoms with Gasteiger partial charge in [-0.1, -0.05) is 26.0 Å². The molecule has 0 radical (unpaired) electrons. The molecule has 0 amide bonds. The molecule has 0 saturated carbocycles. The van der Waals surface area contributed by atoms with Crippen molar-refractivity contribution in [3.63, 3.8) is 0 Å². The van der Waals surface area contributed by atoms with Crippen LogP contribution in [0.1, 0.15) is 20.3 Å². The van der Waals surface area contributed by atoms with Gasteiger partial charge in [-0.2, -0.15) is 0 Å². The molecule has 1 aromatic rings. The maximum absolute atomic E-state index is 12.2. The maximum Gasteiger partial charge on any atom is 0.307 e. The van der Waals surface area contributed by atoms with Gasteiger partial charge in [-0.05, 0) is 24.5 Å². The van der Waals surface area contributed by atoms with Crippen LogP contribution in [0.2, 0.25) is 0 Å². The minimum Gasteiger partial charge on any atom is -0.495 e. The van der Waals surface area contributed by atoms with Gasteiger partial charge in [0.05, 0.1) is 13.0 Å². The first-order valence-corrected chi connectivity index (χ1v) is 8.11. The van der Waals surface area contributed by atoms with Gasteiger partial charge in [0.1, 0.15) is 10.6 Å². The molecule has 0 saturated heterocycles. The van der Waals surface area contributed by atoms with Crippen LogP contribution in [0.5, 0.6) is 5.75 Å². The number of sulfonamides is 1. The summed E-state index contributed by atoms with van der Waals surface area (Å²) < 4.78 is 31.8. The molecule has 1 unspecified atom stereocenters. The van der Waals surface area contributed by atoms with E-state index < -0.39 is 21.9 Å². The van der Waals surface area contributed by atoms with E-state index in [2.05, 4.69) is 4.72 Å². The van der Waals surface area contributed by atoms with Crippen molar-refractivity contribution < 1.29 is 23.1 Å². The van der Waals surface area contributed by atoms with E-state index >= 15 is 0 Å². The number of ether oxygens (including phenoxy) is 1. The van der Waals surface area contributed by atoms with Gasteiger partial charge < -0.3 is 9.84 Å². The molecule has 0 bridgehead atoms. The SMILES string of the molecule is COc1ccccc1S(=O)(=O)NCC(CC(C)C)C(=O)O. The zero-order valence-corrected chi connectivity index (χ0v) is 13.2. The summed E-state index contributed by atoms with van der Waals surface area (Å²) in [4.78, 5) is 11.2. The second kappa shape index (κ2) is 7.42. The van der Waals surface area contributed by atoms with Crippen LogP contribution in [0.3, 0.4) is 0 Å². The number of methoxy groups -OCH3 is 1. The maximum atomic E-state index is 12.2. The molecule has 1 aromatic carbocycles. The van der Waals surface area contributed by atoms with Crippen LogP contribution in [0.15, 0.2) is 29.2 Å². The molecule has 0 fully saturated rings. The molecule has 0 aliphatic heterocycles. The molecular formula is C14H21NO5S. The summed E-state index contributed by atoms with van der Waals surface area (Å²) in [7, 11) is -2.42. The number of hydrogen-bond donors (Lipinski definition) is 2. The lowest BCUT2D eigenvalue weighted by molar-refractivity contribution is -0.142. The molecular weight excluding hydrogens is 294 g/mol. The number of aliphatic carboxylic acids is 1. The van der Waals surface area contributed by atoms with E-state index in [4.69, 9.17) is 9.84 Å². The van der Waals surface area contributed by atoms with Crippen LogP contribution in [-0.4, -0.2) is 33.1 Å². The highest BCUT2D eigenvalue weighted by Gasteiger charge is 2.24. The summed E-state index contributed by atoms with van der Waals surface area (Å²) in [6, 6.07) is 6.20. The Hall–Kier alpha value is -1.60. The minimum absolute atomic E-state index is 0.00110. The standard InChI is InChI=1S/C14H21NO5S/c1-10(2)8-11(14(16)17)9-15-21(18,19)13-7-5-4-6-12(13)20-3/h4-7,10-11,15H,8-9H2,1-3H3,(H,16,17). The normalized spacial score (nSPS) is 13.1. The van der Waals surface area contributed by atoms with Gasteiger partial charge in [-0.15, -0.1) is 0 Å². The fraction of sp³-hybridized carbons (Fsp3) is 0.500. The lowest BCUT2D eigenvalue weighted by atomic mass is 9.98. The lowest BCUT2D eigenvalue weighted by Gasteiger charge is -2.16. The van der Waals surface area contributed by atoms with Crippen LogP contribution >= 0.6 is 0 Å². The Bertz CT molecular complexity index is 583. The van der Waals surface area contributed by atoms with Crippen molar-refractivity contribution in [3.8, 4) is 5.75 Å². The number of hydrogen-bond acceptors (Lipinski definition) is 4. The number of benzene rings is 1. The summed E-state index contributed by atoms with van der Waals surface area (Å²) in [5.74, 6) is -1.37. The molecule has 0 aliphatic carbocycles. The molecule has 2 N–H and O–H groups in total. The van der Waals surface area contributed by atoms with Crippen molar-refractivity contribution in [2.45, 2.75) is 25.2 Å². The Morgan fingerprint density at radius 3 is 2.48 bits per heavy atom. The average Bonchev–Trinajstić information content (AvgIpc) is 2.42. The predicted molar refractivity (Wildman–Crippen MR) is 78.8 cm³/mol. The Labute approximate surface area is 125 Å². The number of rotatable bonds is 8. The van der Waals surface area contributed by atoms with Crippen molar-refractivity contribution in [2.24, 2.45) is 11.8 Å². The van der Waals surface area contributed by atoms with E-state index in [1.54, 1.807) is 12.1 Å². The van der Waals surface area contributed by atoms with E-state index in [0.717, 1.165) is 0 Å². The molecule has 0 aromatic heterocycles. The molecule has 7 heteroatoms. The molecule has 1 rings (SSSR count). The first-order chi connectivity index (χ1) is 9.77. The number of carboxylic acid groups (broad SMARTS) is 1. The highest BCUT2D eigenvalue weighted by molar-refractivity contribution is 7.89. The van der Waals surface area contributed by atoms with Crippen molar-refractivity contribution in [1.82, 2.24) is 4.72 Å². The second-order valence-corrected chi connectivity index (χ2v) is 6.90. The largest absolute Gasteiger partial charge is 0.495 e. The molecule has 0 aliphatic rings. The highest BCUT2D eigenvalue weighted by Crippen LogP contribution is 2.22. The second-order valence-electron chi connectivity index (χ2n) is 5.17. The third kappa shape index (κ3) is 5.02. The van der Waals surface area contributed by atoms with Gasteiger partial charge in [0.25, 0.3) is 0 Å². The highest BCUT2D eigenvalue weighted by atomic mass is 32.2. The molecule has 0 spiro atoms. The van der Waals surface area contributed by atoms with Gasteiger partial charge in [0.2, 0.25) is 10.0 Å². The zero-order valence-electron chi connectivity index (χ0n) is 12.4. The van der Waals surface area contributed by atoms with E-state index in [1.807, 2.05) is 13.8 Å². The topological polar surface area (TPSA) is 92.7 Å². The van der Waals surface area contributed by atoms with Gasteiger partial charge in [-0.25, -0.2) is 13.1 Å². The fourth-order valence-electron chi connectivity index (χ4n) is 1.97. The van der Waals surface area contributed by atoms with Gasteiger partial charge in [-0.3, -0.25) is 4.79 Å². The fourth-order valence-corrected chi connectivity index (χ4v) is 3.22. The number of para-hydroxylation sites is 1. The molecule has 1 atom stereocenters. The molecule has 21 heavy (non-hydrogen) atoms. The van der Waals surface area contributed by atoms with Crippen molar-refractivity contribution in [2.75, 3.05) is 13.7 Å². The Morgan fingerprint density at radius 1 is 1.33 bits per heavy atom. The van der Waals surface area contributed by atoms with E-state index in [9.17, 15) is 13.2 Å². The van der Waals surface area contributed by atoms with Crippen molar-refractivity contribution in [1.29, 1.82) is 0 Å². The lowest BCUT2D eigenvalue weighted by Crippen LogP contribution is -2.33. The third-order valence-corrected chi connectivity index (χ3v) is 4.45. The first kappa shape index (κ1) is 17.5. The van der Waals surface area contributed by atoms with E-state index in [-0.39, 0.29) is 23.1 Å². The number of carbonyl (C=O) groups is 1. The van der Waals surface area contributed by atoms with Crippen molar-refractivity contribution >= 4 is 16.0 Å². The van der Waals surface area contributed by atoms with Gasteiger partial charge in [0, 0.05) is 6.54 Å². The van der Waals surface area contributed by atoms with Crippen LogP contribution in [0.25, 0.3) is 0 Å². The molecule has 0 heterocycles. The summed E-state index contributed by atoms with van der Waals surface area (Å²) >= 11 is 0. The predicted octanol–water partition coefficient (Wildman–Crippen LogP) is 1.72. The molecule has 6 nitrogen and oxygen atoms in total. The van der Waals surface area contributed by atoms with Crippen molar-refractivity contribution in [3.05, 3.63) is 24.3 Å². The first-order valence-electron chi connectivity index (χ1n) is 6.63. The van der Waals surface area contributed by atoms with E-state index in [0.29, 0.717) is 6.42 Å². The van der Waals surface area contributed by atoms with E-state index in [1.165, 1.54) is 19.2 Å². The van der Waals surface area contributed by atoms with Gasteiger partial charge >= 0.3 is 5.97 Å². The smallest absolute Gasteiger partial charge is 0.307 e. The number of nitrogens with one attached hydrogen (secondary N) is 1. The zero-order chi connectivity index (χ0) is 16.0. The van der Waals surface area contributed by atoms with Gasteiger partial charge in [0.15, 0.2) is 0 Å². The van der Waals surface area contributed by atoms with Crippen LogP contribution in [0, 0.1) is 11.8 Å². The summed E-state index contributed by atoms with van der Waals surface area (Å²) in [6.45, 7) is 3.64. The minimum atomic E-state index is -3.81. The van der Waals surface area contributed by atoms with Crippen LogP contribution < -0.4 is 9.46 Å². The Balaban J connectivity index is 2.87. The number of carboxylic acids is 1. The Morgan fingerprint density at radius 2 is 1.95 bits per heavy atom.